The van der Waals surface area contributed by atoms with Gasteiger partial charge in [0.05, 0.1) is 24.5 Å². The fourth-order valence-electron chi connectivity index (χ4n) is 2.03. The first-order chi connectivity index (χ1) is 8.96. The summed E-state index contributed by atoms with van der Waals surface area (Å²) in [7, 11) is -2.90. The van der Waals surface area contributed by atoms with E-state index in [1.54, 1.807) is 0 Å². The summed E-state index contributed by atoms with van der Waals surface area (Å²) in [6.07, 6.45) is -0.203. The lowest BCUT2D eigenvalue weighted by molar-refractivity contribution is -0.160. The van der Waals surface area contributed by atoms with Crippen LogP contribution >= 0.6 is 0 Å². The Morgan fingerprint density at radius 3 is 2.63 bits per heavy atom. The van der Waals surface area contributed by atoms with Gasteiger partial charge in [0.25, 0.3) is 0 Å². The highest BCUT2D eigenvalue weighted by Gasteiger charge is 2.30. The Morgan fingerprint density at radius 1 is 1.37 bits per heavy atom. The lowest BCUT2D eigenvalue weighted by Gasteiger charge is -2.26. The highest BCUT2D eigenvalue weighted by molar-refractivity contribution is 7.91. The fraction of sp³-hybridized carbons (Fsp3) is 0.818. The molecule has 0 amide bonds. The zero-order chi connectivity index (χ0) is 13.9. The van der Waals surface area contributed by atoms with E-state index in [2.05, 4.69) is 0 Å². The van der Waals surface area contributed by atoms with Crippen LogP contribution in [0.5, 0.6) is 0 Å². The maximum absolute atomic E-state index is 11.5. The van der Waals surface area contributed by atoms with Gasteiger partial charge in [-0.2, -0.15) is 0 Å². The van der Waals surface area contributed by atoms with Crippen molar-refractivity contribution in [1.82, 2.24) is 4.90 Å². The number of hydrogen-bond donors (Lipinski definition) is 0. The minimum atomic E-state index is -2.90. The van der Waals surface area contributed by atoms with Gasteiger partial charge in [-0.25, -0.2) is 13.2 Å². The van der Waals surface area contributed by atoms with Crippen LogP contribution in [0.4, 0.5) is 0 Å². The summed E-state index contributed by atoms with van der Waals surface area (Å²) in [5.41, 5.74) is 0. The molecule has 0 radical (unpaired) electrons. The van der Waals surface area contributed by atoms with Gasteiger partial charge in [0.2, 0.25) is 6.10 Å². The molecule has 1 atom stereocenters. The predicted molar refractivity (Wildman–Crippen MR) is 65.2 cm³/mol. The highest BCUT2D eigenvalue weighted by atomic mass is 32.2. The summed E-state index contributed by atoms with van der Waals surface area (Å²) >= 11 is 0. The smallest absolute Gasteiger partial charge is 0.347 e. The maximum Gasteiger partial charge on any atom is 0.347 e. The third-order valence-corrected chi connectivity index (χ3v) is 4.84. The lowest BCUT2D eigenvalue weighted by Crippen LogP contribution is -2.41. The number of sulfone groups is 1. The van der Waals surface area contributed by atoms with E-state index in [1.807, 2.05) is 4.90 Å². The van der Waals surface area contributed by atoms with E-state index >= 15 is 0 Å². The first kappa shape index (κ1) is 14.3. The molecule has 2 aliphatic rings. The summed E-state index contributed by atoms with van der Waals surface area (Å²) in [6.45, 7) is 1.64. The Bertz CT molecular complexity index is 446. The quantitative estimate of drug-likeness (QED) is 0.611. The van der Waals surface area contributed by atoms with Crippen molar-refractivity contribution >= 4 is 21.8 Å². The first-order valence-corrected chi connectivity index (χ1v) is 8.07. The molecule has 0 N–H and O–H groups in total. The van der Waals surface area contributed by atoms with Crippen molar-refractivity contribution in [3.05, 3.63) is 0 Å². The summed E-state index contributed by atoms with van der Waals surface area (Å²) in [6, 6.07) is 0. The largest absolute Gasteiger partial charge is 0.463 e. The van der Waals surface area contributed by atoms with Gasteiger partial charge in [-0.1, -0.05) is 0 Å². The van der Waals surface area contributed by atoms with E-state index in [-0.39, 0.29) is 17.9 Å². The minimum Gasteiger partial charge on any atom is -0.463 e. The average Bonchev–Trinajstić information content (AvgIpc) is 2.74. The van der Waals surface area contributed by atoms with Gasteiger partial charge in [0.1, 0.15) is 0 Å². The van der Waals surface area contributed by atoms with Crippen LogP contribution in [-0.4, -0.2) is 69.1 Å². The number of carbonyl (C=O) groups is 2. The van der Waals surface area contributed by atoms with E-state index in [0.29, 0.717) is 32.7 Å². The van der Waals surface area contributed by atoms with E-state index in [4.69, 9.17) is 9.47 Å². The van der Waals surface area contributed by atoms with Gasteiger partial charge in [0.15, 0.2) is 9.84 Å². The molecule has 0 spiro atoms. The molecule has 0 aromatic heterocycles. The third-order valence-electron chi connectivity index (χ3n) is 3.23. The normalized spacial score (nSPS) is 26.9. The standard InChI is InChI=1S/C11H17NO6S/c13-10(18-9-2-6-17-11(9)14)1-3-12-4-7-19(15,16)8-5-12/h9H,1-8H2. The van der Waals surface area contributed by atoms with Crippen molar-refractivity contribution in [3.63, 3.8) is 0 Å². The predicted octanol–water partition coefficient (Wildman–Crippen LogP) is -1.03. The molecule has 108 valence electrons. The van der Waals surface area contributed by atoms with Crippen LogP contribution < -0.4 is 0 Å². The molecule has 2 saturated heterocycles. The molecular formula is C11H17NO6S. The van der Waals surface area contributed by atoms with Crippen LogP contribution in [0, 0.1) is 0 Å². The van der Waals surface area contributed by atoms with E-state index in [9.17, 15) is 18.0 Å². The third kappa shape index (κ3) is 4.17. The van der Waals surface area contributed by atoms with Gasteiger partial charge in [-0.15, -0.1) is 0 Å². The second-order valence-electron chi connectivity index (χ2n) is 4.68. The van der Waals surface area contributed by atoms with Gasteiger partial charge >= 0.3 is 11.9 Å². The number of cyclic esters (lactones) is 1. The summed E-state index contributed by atoms with van der Waals surface area (Å²) in [4.78, 5) is 24.6. The van der Waals surface area contributed by atoms with E-state index < -0.39 is 27.9 Å². The van der Waals surface area contributed by atoms with Crippen molar-refractivity contribution in [3.8, 4) is 0 Å². The number of carbonyl (C=O) groups excluding carboxylic acids is 2. The molecule has 2 rings (SSSR count). The molecule has 2 fully saturated rings. The van der Waals surface area contributed by atoms with Crippen LogP contribution in [-0.2, 0) is 28.9 Å². The molecular weight excluding hydrogens is 274 g/mol. The Balaban J connectivity index is 1.68. The van der Waals surface area contributed by atoms with Crippen molar-refractivity contribution < 1.29 is 27.5 Å². The average molecular weight is 291 g/mol. The zero-order valence-corrected chi connectivity index (χ0v) is 11.4. The first-order valence-electron chi connectivity index (χ1n) is 6.25. The van der Waals surface area contributed by atoms with Crippen LogP contribution in [0.15, 0.2) is 0 Å². The summed E-state index contributed by atoms with van der Waals surface area (Å²) in [5, 5.41) is 0. The van der Waals surface area contributed by atoms with Gasteiger partial charge < -0.3 is 14.4 Å². The number of nitrogens with zero attached hydrogens (tertiary/aromatic N) is 1. The molecule has 0 bridgehead atoms. The molecule has 7 nitrogen and oxygen atoms in total. The van der Waals surface area contributed by atoms with Crippen molar-refractivity contribution in [2.45, 2.75) is 18.9 Å². The maximum atomic E-state index is 11.5. The Labute approximate surface area is 111 Å². The molecule has 0 saturated carbocycles. The van der Waals surface area contributed by atoms with Gasteiger partial charge in [-0.3, -0.25) is 4.79 Å². The van der Waals surface area contributed by atoms with Gasteiger partial charge in [-0.05, 0) is 0 Å². The topological polar surface area (TPSA) is 90.0 Å². The second-order valence-corrected chi connectivity index (χ2v) is 6.98. The van der Waals surface area contributed by atoms with Crippen molar-refractivity contribution in [2.24, 2.45) is 0 Å². The van der Waals surface area contributed by atoms with Crippen LogP contribution in [0.25, 0.3) is 0 Å². The summed E-state index contributed by atoms with van der Waals surface area (Å²) < 4.78 is 32.1. The Morgan fingerprint density at radius 2 is 2.05 bits per heavy atom. The van der Waals surface area contributed by atoms with E-state index in [0.717, 1.165) is 0 Å². The Hall–Kier alpha value is -1.15. The molecule has 19 heavy (non-hydrogen) atoms. The molecule has 8 heteroatoms. The minimum absolute atomic E-state index is 0.136. The van der Waals surface area contributed by atoms with Crippen LogP contribution in [0.2, 0.25) is 0 Å². The number of hydrogen-bond acceptors (Lipinski definition) is 7. The molecule has 0 aromatic rings. The van der Waals surface area contributed by atoms with Crippen LogP contribution in [0.3, 0.4) is 0 Å². The number of rotatable bonds is 4. The molecule has 0 aliphatic carbocycles. The number of ether oxygens (including phenoxy) is 2. The second kappa shape index (κ2) is 5.87. The Kier molecular flexibility index (Phi) is 4.41. The van der Waals surface area contributed by atoms with Crippen LogP contribution in [0.1, 0.15) is 12.8 Å². The summed E-state index contributed by atoms with van der Waals surface area (Å²) in [5.74, 6) is -0.664. The highest BCUT2D eigenvalue weighted by Crippen LogP contribution is 2.11. The number of esters is 2. The molecule has 0 aromatic carbocycles. The SMILES string of the molecule is O=C(CCN1CCS(=O)(=O)CC1)OC1CCOC1=O. The fourth-order valence-corrected chi connectivity index (χ4v) is 3.30. The van der Waals surface area contributed by atoms with Crippen molar-refractivity contribution in [2.75, 3.05) is 37.7 Å². The molecule has 2 heterocycles. The lowest BCUT2D eigenvalue weighted by atomic mass is 10.3. The zero-order valence-electron chi connectivity index (χ0n) is 10.5. The van der Waals surface area contributed by atoms with Crippen molar-refractivity contribution in [1.29, 1.82) is 0 Å². The van der Waals surface area contributed by atoms with Gasteiger partial charge in [0, 0.05) is 26.1 Å². The monoisotopic (exact) mass is 291 g/mol. The molecule has 1 unspecified atom stereocenters. The van der Waals surface area contributed by atoms with E-state index in [1.165, 1.54) is 0 Å². The molecule has 2 aliphatic heterocycles.